The zero-order chi connectivity index (χ0) is 18.5. The van der Waals surface area contributed by atoms with Crippen molar-refractivity contribution in [3.8, 4) is 11.5 Å². The molecule has 6 nitrogen and oxygen atoms in total. The van der Waals surface area contributed by atoms with Crippen LogP contribution in [-0.2, 0) is 9.59 Å². The highest BCUT2D eigenvalue weighted by molar-refractivity contribution is 6.01. The molecule has 1 unspecified atom stereocenters. The lowest BCUT2D eigenvalue weighted by Crippen LogP contribution is -2.36. The standard InChI is InChI=1S/C20H28N2O4/c1-25-16-8-9-17(18(11-16)26-2)22-13-15(10-19(22)23)20(24)21-12-14-6-4-3-5-7-14/h8-9,11,14-15H,3-7,10,12-13H2,1-2H3,(H,21,24). The first-order valence-corrected chi connectivity index (χ1v) is 9.42. The number of nitrogens with one attached hydrogen (secondary N) is 1. The van der Waals surface area contributed by atoms with Gasteiger partial charge in [-0.25, -0.2) is 0 Å². The summed E-state index contributed by atoms with van der Waals surface area (Å²) in [5.74, 6) is 1.45. The second kappa shape index (κ2) is 8.43. The van der Waals surface area contributed by atoms with Crippen LogP contribution in [0.25, 0.3) is 0 Å². The number of nitrogens with zero attached hydrogens (tertiary/aromatic N) is 1. The van der Waals surface area contributed by atoms with E-state index in [0.717, 1.165) is 6.54 Å². The number of benzene rings is 1. The van der Waals surface area contributed by atoms with Gasteiger partial charge in [0.05, 0.1) is 25.8 Å². The van der Waals surface area contributed by atoms with Crippen LogP contribution >= 0.6 is 0 Å². The highest BCUT2D eigenvalue weighted by Gasteiger charge is 2.36. The van der Waals surface area contributed by atoms with E-state index in [0.29, 0.717) is 29.6 Å². The van der Waals surface area contributed by atoms with Crippen molar-refractivity contribution in [3.05, 3.63) is 18.2 Å². The fraction of sp³-hybridized carbons (Fsp3) is 0.600. The Balaban J connectivity index is 1.62. The average Bonchev–Trinajstić information content (AvgIpc) is 3.08. The molecule has 2 amide bonds. The van der Waals surface area contributed by atoms with Gasteiger partial charge >= 0.3 is 0 Å². The maximum atomic E-state index is 12.5. The molecule has 1 saturated carbocycles. The molecule has 1 aromatic carbocycles. The van der Waals surface area contributed by atoms with Crippen LogP contribution in [0, 0.1) is 11.8 Å². The summed E-state index contributed by atoms with van der Waals surface area (Å²) in [6.07, 6.45) is 6.45. The average molecular weight is 360 g/mol. The number of amides is 2. The van der Waals surface area contributed by atoms with Gasteiger partial charge in [0.15, 0.2) is 0 Å². The summed E-state index contributed by atoms with van der Waals surface area (Å²) in [4.78, 5) is 26.6. The van der Waals surface area contributed by atoms with Crippen molar-refractivity contribution in [2.75, 3.05) is 32.2 Å². The number of anilines is 1. The van der Waals surface area contributed by atoms with Gasteiger partial charge in [0.25, 0.3) is 0 Å². The summed E-state index contributed by atoms with van der Waals surface area (Å²) in [5.41, 5.74) is 0.681. The third-order valence-corrected chi connectivity index (χ3v) is 5.46. The van der Waals surface area contributed by atoms with Crippen LogP contribution < -0.4 is 19.7 Å². The minimum absolute atomic E-state index is 0.0149. The van der Waals surface area contributed by atoms with E-state index in [-0.39, 0.29) is 24.2 Å². The Morgan fingerprint density at radius 2 is 1.96 bits per heavy atom. The molecule has 0 radical (unpaired) electrons. The molecular formula is C20H28N2O4. The molecule has 26 heavy (non-hydrogen) atoms. The molecular weight excluding hydrogens is 332 g/mol. The minimum Gasteiger partial charge on any atom is -0.497 e. The van der Waals surface area contributed by atoms with Gasteiger partial charge in [-0.05, 0) is 30.9 Å². The molecule has 3 rings (SSSR count). The summed E-state index contributed by atoms with van der Waals surface area (Å²) < 4.78 is 10.6. The Labute approximate surface area is 154 Å². The topological polar surface area (TPSA) is 67.9 Å². The van der Waals surface area contributed by atoms with Crippen molar-refractivity contribution in [2.45, 2.75) is 38.5 Å². The van der Waals surface area contributed by atoms with Crippen molar-refractivity contribution in [1.29, 1.82) is 0 Å². The van der Waals surface area contributed by atoms with E-state index in [1.54, 1.807) is 37.3 Å². The van der Waals surface area contributed by atoms with Crippen LogP contribution in [0.1, 0.15) is 38.5 Å². The van der Waals surface area contributed by atoms with E-state index in [9.17, 15) is 9.59 Å². The Hall–Kier alpha value is -2.24. The monoisotopic (exact) mass is 360 g/mol. The van der Waals surface area contributed by atoms with Crippen LogP contribution in [0.2, 0.25) is 0 Å². The number of carbonyl (C=O) groups excluding carboxylic acids is 2. The number of methoxy groups -OCH3 is 2. The molecule has 6 heteroatoms. The lowest BCUT2D eigenvalue weighted by atomic mass is 9.89. The molecule has 0 bridgehead atoms. The van der Waals surface area contributed by atoms with E-state index in [1.165, 1.54) is 32.1 Å². The number of rotatable bonds is 6. The quantitative estimate of drug-likeness (QED) is 0.847. The van der Waals surface area contributed by atoms with Gasteiger partial charge in [-0.2, -0.15) is 0 Å². The molecule has 1 N–H and O–H groups in total. The maximum absolute atomic E-state index is 12.5. The molecule has 2 aliphatic rings. The van der Waals surface area contributed by atoms with Gasteiger partial charge in [-0.15, -0.1) is 0 Å². The van der Waals surface area contributed by atoms with Crippen LogP contribution in [0.5, 0.6) is 11.5 Å². The molecule has 1 aromatic rings. The predicted molar refractivity (Wildman–Crippen MR) is 99.6 cm³/mol. The van der Waals surface area contributed by atoms with E-state index in [2.05, 4.69) is 5.32 Å². The molecule has 0 aromatic heterocycles. The number of ether oxygens (including phenoxy) is 2. The highest BCUT2D eigenvalue weighted by atomic mass is 16.5. The Kier molecular flexibility index (Phi) is 6.01. The lowest BCUT2D eigenvalue weighted by Gasteiger charge is -2.23. The molecule has 1 saturated heterocycles. The summed E-state index contributed by atoms with van der Waals surface area (Å²) in [5, 5.41) is 3.06. The Morgan fingerprint density at radius 3 is 2.65 bits per heavy atom. The van der Waals surface area contributed by atoms with Crippen molar-refractivity contribution < 1.29 is 19.1 Å². The van der Waals surface area contributed by atoms with Crippen molar-refractivity contribution in [2.24, 2.45) is 11.8 Å². The second-order valence-electron chi connectivity index (χ2n) is 7.19. The van der Waals surface area contributed by atoms with Gasteiger partial charge in [0.2, 0.25) is 11.8 Å². The summed E-state index contributed by atoms with van der Waals surface area (Å²) >= 11 is 0. The number of carbonyl (C=O) groups is 2. The van der Waals surface area contributed by atoms with Crippen molar-refractivity contribution in [3.63, 3.8) is 0 Å². The van der Waals surface area contributed by atoms with Gasteiger partial charge < -0.3 is 19.7 Å². The largest absolute Gasteiger partial charge is 0.497 e. The summed E-state index contributed by atoms with van der Waals surface area (Å²) in [6.45, 7) is 1.12. The molecule has 1 atom stereocenters. The van der Waals surface area contributed by atoms with Gasteiger partial charge in [0, 0.05) is 25.6 Å². The Morgan fingerprint density at radius 1 is 1.19 bits per heavy atom. The highest BCUT2D eigenvalue weighted by Crippen LogP contribution is 2.35. The third-order valence-electron chi connectivity index (χ3n) is 5.46. The van der Waals surface area contributed by atoms with Crippen molar-refractivity contribution >= 4 is 17.5 Å². The van der Waals surface area contributed by atoms with E-state index in [1.807, 2.05) is 0 Å². The van der Waals surface area contributed by atoms with Crippen LogP contribution in [-0.4, -0.2) is 39.1 Å². The lowest BCUT2D eigenvalue weighted by molar-refractivity contribution is -0.126. The molecule has 1 heterocycles. The first-order chi connectivity index (χ1) is 12.6. The van der Waals surface area contributed by atoms with Crippen molar-refractivity contribution in [1.82, 2.24) is 5.32 Å². The van der Waals surface area contributed by atoms with E-state index < -0.39 is 0 Å². The van der Waals surface area contributed by atoms with Crippen LogP contribution in [0.4, 0.5) is 5.69 Å². The molecule has 1 aliphatic heterocycles. The number of hydrogen-bond acceptors (Lipinski definition) is 4. The Bertz CT molecular complexity index is 655. The van der Waals surface area contributed by atoms with Crippen LogP contribution in [0.15, 0.2) is 18.2 Å². The molecule has 142 valence electrons. The summed E-state index contributed by atoms with van der Waals surface area (Å²) in [6, 6.07) is 5.35. The second-order valence-corrected chi connectivity index (χ2v) is 7.19. The maximum Gasteiger partial charge on any atom is 0.227 e. The van der Waals surface area contributed by atoms with Gasteiger partial charge in [-0.3, -0.25) is 9.59 Å². The molecule has 2 fully saturated rings. The normalized spacial score (nSPS) is 20.9. The fourth-order valence-corrected chi connectivity index (χ4v) is 3.90. The van der Waals surface area contributed by atoms with E-state index >= 15 is 0 Å². The van der Waals surface area contributed by atoms with Crippen LogP contribution in [0.3, 0.4) is 0 Å². The summed E-state index contributed by atoms with van der Waals surface area (Å²) in [7, 11) is 3.15. The predicted octanol–water partition coefficient (Wildman–Crippen LogP) is 2.75. The molecule has 0 spiro atoms. The number of hydrogen-bond donors (Lipinski definition) is 1. The van der Waals surface area contributed by atoms with Gasteiger partial charge in [-0.1, -0.05) is 19.3 Å². The third kappa shape index (κ3) is 4.11. The fourth-order valence-electron chi connectivity index (χ4n) is 3.90. The first-order valence-electron chi connectivity index (χ1n) is 9.42. The van der Waals surface area contributed by atoms with E-state index in [4.69, 9.17) is 9.47 Å². The van der Waals surface area contributed by atoms with Gasteiger partial charge in [0.1, 0.15) is 11.5 Å². The molecule has 1 aliphatic carbocycles. The SMILES string of the molecule is COc1ccc(N2CC(C(=O)NCC3CCCCC3)CC2=O)c(OC)c1. The smallest absolute Gasteiger partial charge is 0.227 e. The zero-order valence-corrected chi connectivity index (χ0v) is 15.6. The first kappa shape index (κ1) is 18.5. The minimum atomic E-state index is -0.308. The zero-order valence-electron chi connectivity index (χ0n) is 15.6.